The average molecular weight is 279 g/mol. The molecule has 4 nitrogen and oxygen atoms in total. The fourth-order valence-electron chi connectivity index (χ4n) is 4.57. The molecular formula is C16H25NO3. The van der Waals surface area contributed by atoms with Crippen molar-refractivity contribution in [3.05, 3.63) is 0 Å². The Bertz CT molecular complexity index is 389. The number of hydrogen-bond donors (Lipinski definition) is 0. The lowest BCUT2D eigenvalue weighted by molar-refractivity contribution is -0.151. The Morgan fingerprint density at radius 3 is 2.40 bits per heavy atom. The largest absolute Gasteiger partial charge is 0.468 e. The second-order valence-electron chi connectivity index (χ2n) is 6.76. The van der Waals surface area contributed by atoms with Crippen LogP contribution in [0.4, 0.5) is 0 Å². The van der Waals surface area contributed by atoms with Crippen LogP contribution in [0.1, 0.15) is 51.4 Å². The van der Waals surface area contributed by atoms with Gasteiger partial charge in [-0.3, -0.25) is 9.59 Å². The number of fused-ring (bicyclic) bond motifs is 2. The molecule has 3 aliphatic rings. The summed E-state index contributed by atoms with van der Waals surface area (Å²) >= 11 is 0. The van der Waals surface area contributed by atoms with Gasteiger partial charge in [0.2, 0.25) is 5.91 Å². The molecule has 4 heteroatoms. The molecule has 0 radical (unpaired) electrons. The van der Waals surface area contributed by atoms with Gasteiger partial charge in [0.05, 0.1) is 7.11 Å². The van der Waals surface area contributed by atoms with Crippen LogP contribution in [0, 0.1) is 17.8 Å². The number of carbonyl (C=O) groups excluding carboxylic acids is 2. The van der Waals surface area contributed by atoms with Crippen molar-refractivity contribution in [1.82, 2.24) is 4.90 Å². The molecule has 0 aromatic rings. The van der Waals surface area contributed by atoms with Crippen molar-refractivity contribution in [3.8, 4) is 0 Å². The zero-order chi connectivity index (χ0) is 14.1. The molecule has 3 aliphatic carbocycles. The van der Waals surface area contributed by atoms with E-state index in [9.17, 15) is 9.59 Å². The van der Waals surface area contributed by atoms with Crippen molar-refractivity contribution in [2.75, 3.05) is 13.7 Å². The number of ether oxygens (including phenoxy) is 1. The molecule has 3 unspecified atom stereocenters. The molecule has 3 atom stereocenters. The van der Waals surface area contributed by atoms with Crippen LogP contribution in [0.15, 0.2) is 0 Å². The highest BCUT2D eigenvalue weighted by molar-refractivity contribution is 5.84. The molecule has 0 aliphatic heterocycles. The predicted octanol–water partition coefficient (Wildman–Crippen LogP) is 2.37. The molecular weight excluding hydrogens is 254 g/mol. The van der Waals surface area contributed by atoms with Gasteiger partial charge in [-0.05, 0) is 43.9 Å². The number of amides is 1. The highest BCUT2D eigenvalue weighted by Gasteiger charge is 2.45. The van der Waals surface area contributed by atoms with Crippen molar-refractivity contribution in [2.45, 2.75) is 57.4 Å². The summed E-state index contributed by atoms with van der Waals surface area (Å²) < 4.78 is 4.78. The smallest absolute Gasteiger partial charge is 0.325 e. The molecule has 2 bridgehead atoms. The minimum Gasteiger partial charge on any atom is -0.468 e. The number of esters is 1. The number of nitrogens with zero attached hydrogens (tertiary/aromatic N) is 1. The number of rotatable bonds is 4. The maximum absolute atomic E-state index is 12.9. The van der Waals surface area contributed by atoms with Gasteiger partial charge >= 0.3 is 5.97 Å². The Kier molecular flexibility index (Phi) is 3.99. The zero-order valence-electron chi connectivity index (χ0n) is 12.3. The lowest BCUT2D eigenvalue weighted by atomic mass is 9.87. The van der Waals surface area contributed by atoms with E-state index in [0.29, 0.717) is 5.92 Å². The Balaban J connectivity index is 1.70. The first kappa shape index (κ1) is 13.9. The number of methoxy groups -OCH3 is 1. The van der Waals surface area contributed by atoms with Crippen LogP contribution in [0.2, 0.25) is 0 Å². The summed E-state index contributed by atoms with van der Waals surface area (Å²) in [5, 5.41) is 0. The van der Waals surface area contributed by atoms with Gasteiger partial charge in [-0.25, -0.2) is 0 Å². The summed E-state index contributed by atoms with van der Waals surface area (Å²) in [7, 11) is 1.40. The van der Waals surface area contributed by atoms with Gasteiger partial charge in [0.1, 0.15) is 6.54 Å². The van der Waals surface area contributed by atoms with Gasteiger partial charge in [0.25, 0.3) is 0 Å². The molecule has 0 heterocycles. The van der Waals surface area contributed by atoms with Crippen molar-refractivity contribution < 1.29 is 14.3 Å². The Morgan fingerprint density at radius 2 is 1.85 bits per heavy atom. The summed E-state index contributed by atoms with van der Waals surface area (Å²) in [4.78, 5) is 26.4. The lowest BCUT2D eigenvalue weighted by Crippen LogP contribution is -2.46. The van der Waals surface area contributed by atoms with Crippen LogP contribution in [-0.4, -0.2) is 36.5 Å². The summed E-state index contributed by atoms with van der Waals surface area (Å²) in [6.45, 7) is 0.147. The lowest BCUT2D eigenvalue weighted by Gasteiger charge is -2.33. The van der Waals surface area contributed by atoms with Crippen molar-refractivity contribution in [2.24, 2.45) is 17.8 Å². The van der Waals surface area contributed by atoms with E-state index < -0.39 is 0 Å². The van der Waals surface area contributed by atoms with Gasteiger partial charge in [0, 0.05) is 12.0 Å². The van der Waals surface area contributed by atoms with Crippen LogP contribution in [0.5, 0.6) is 0 Å². The van der Waals surface area contributed by atoms with E-state index in [4.69, 9.17) is 4.74 Å². The van der Waals surface area contributed by atoms with Crippen molar-refractivity contribution in [3.63, 3.8) is 0 Å². The summed E-state index contributed by atoms with van der Waals surface area (Å²) in [6, 6.07) is 0.265. The Labute approximate surface area is 120 Å². The Morgan fingerprint density at radius 1 is 1.10 bits per heavy atom. The fraction of sp³-hybridized carbons (Fsp3) is 0.875. The average Bonchev–Trinajstić information content (AvgIpc) is 3.19. The molecule has 3 fully saturated rings. The third-order valence-corrected chi connectivity index (χ3v) is 5.63. The Hall–Kier alpha value is -1.06. The van der Waals surface area contributed by atoms with E-state index in [1.54, 1.807) is 0 Å². The third kappa shape index (κ3) is 2.57. The molecule has 0 aromatic carbocycles. The number of carbonyl (C=O) groups is 2. The monoisotopic (exact) mass is 279 g/mol. The molecule has 0 spiro atoms. The van der Waals surface area contributed by atoms with E-state index in [2.05, 4.69) is 0 Å². The predicted molar refractivity (Wildman–Crippen MR) is 74.9 cm³/mol. The fourth-order valence-corrected chi connectivity index (χ4v) is 4.57. The highest BCUT2D eigenvalue weighted by Crippen LogP contribution is 2.49. The van der Waals surface area contributed by atoms with Crippen LogP contribution >= 0.6 is 0 Å². The molecule has 20 heavy (non-hydrogen) atoms. The third-order valence-electron chi connectivity index (χ3n) is 5.63. The van der Waals surface area contributed by atoms with E-state index >= 15 is 0 Å². The van der Waals surface area contributed by atoms with Gasteiger partial charge in [-0.15, -0.1) is 0 Å². The molecule has 3 rings (SSSR count). The molecule has 112 valence electrons. The molecule has 0 saturated heterocycles. The highest BCUT2D eigenvalue weighted by atomic mass is 16.5. The topological polar surface area (TPSA) is 46.6 Å². The first-order valence-electron chi connectivity index (χ1n) is 8.06. The maximum atomic E-state index is 12.9. The quantitative estimate of drug-likeness (QED) is 0.742. The molecule has 0 aromatic heterocycles. The second kappa shape index (κ2) is 5.74. The molecule has 1 amide bonds. The van der Waals surface area contributed by atoms with Crippen LogP contribution in [0.25, 0.3) is 0 Å². The zero-order valence-corrected chi connectivity index (χ0v) is 12.3. The van der Waals surface area contributed by atoms with Gasteiger partial charge in [-0.2, -0.15) is 0 Å². The van der Waals surface area contributed by atoms with E-state index in [-0.39, 0.29) is 30.4 Å². The first-order chi connectivity index (χ1) is 9.69. The van der Waals surface area contributed by atoms with Crippen molar-refractivity contribution in [1.29, 1.82) is 0 Å². The summed E-state index contributed by atoms with van der Waals surface area (Å²) in [5.41, 5.74) is 0. The number of hydrogen-bond acceptors (Lipinski definition) is 3. The van der Waals surface area contributed by atoms with Crippen LogP contribution in [-0.2, 0) is 14.3 Å². The van der Waals surface area contributed by atoms with Gasteiger partial charge in [0.15, 0.2) is 0 Å². The summed E-state index contributed by atoms with van der Waals surface area (Å²) in [6.07, 6.45) is 9.22. The molecule has 0 N–H and O–H groups in total. The van der Waals surface area contributed by atoms with Crippen molar-refractivity contribution >= 4 is 11.9 Å². The SMILES string of the molecule is COC(=O)CN(C(=O)C1CC2CCC1C2)C1CCCC1. The first-order valence-corrected chi connectivity index (χ1v) is 8.06. The standard InChI is InChI=1S/C16H25NO3/c1-20-15(18)10-17(13-4-2-3-5-13)16(19)14-9-11-6-7-12(14)8-11/h11-14H,2-10H2,1H3. The van der Waals surface area contributed by atoms with Crippen LogP contribution in [0.3, 0.4) is 0 Å². The maximum Gasteiger partial charge on any atom is 0.325 e. The van der Waals surface area contributed by atoms with Crippen LogP contribution < -0.4 is 0 Å². The second-order valence-corrected chi connectivity index (χ2v) is 6.76. The summed E-state index contributed by atoms with van der Waals surface area (Å²) in [5.74, 6) is 1.47. The normalized spacial score (nSPS) is 32.5. The van der Waals surface area contributed by atoms with E-state index in [1.807, 2.05) is 4.90 Å². The minimum atomic E-state index is -0.284. The molecule has 3 saturated carbocycles. The van der Waals surface area contributed by atoms with Gasteiger partial charge in [-0.1, -0.05) is 19.3 Å². The van der Waals surface area contributed by atoms with E-state index in [0.717, 1.165) is 25.2 Å². The van der Waals surface area contributed by atoms with Gasteiger partial charge < -0.3 is 9.64 Å². The van der Waals surface area contributed by atoms with E-state index in [1.165, 1.54) is 39.2 Å². The minimum absolute atomic E-state index is 0.147.